The minimum absolute atomic E-state index is 0.00704. The molecule has 4 rings (SSSR count). The highest BCUT2D eigenvalue weighted by Gasteiger charge is 2.30. The number of hydrogen-bond donors (Lipinski definition) is 3. The quantitative estimate of drug-likeness (QED) is 0.531. The van der Waals surface area contributed by atoms with E-state index in [-0.39, 0.29) is 18.0 Å². The highest BCUT2D eigenvalue weighted by Crippen LogP contribution is 2.26. The Morgan fingerprint density at radius 3 is 2.66 bits per heavy atom. The van der Waals surface area contributed by atoms with Crippen molar-refractivity contribution in [3.05, 3.63) is 89.4 Å². The number of aliphatic hydroxyl groups excluding tert-OH is 1. The molecule has 3 atom stereocenters. The number of amides is 1. The molecule has 1 amide bonds. The van der Waals surface area contributed by atoms with Gasteiger partial charge >= 0.3 is 0 Å². The van der Waals surface area contributed by atoms with Crippen LogP contribution in [0.25, 0.3) is 0 Å². The van der Waals surface area contributed by atoms with Gasteiger partial charge in [-0.2, -0.15) is 0 Å². The number of nitrogens with two attached hydrogens (primary N) is 1. The van der Waals surface area contributed by atoms with Crippen LogP contribution >= 0.6 is 0 Å². The molecule has 7 nitrogen and oxygen atoms in total. The van der Waals surface area contributed by atoms with Crippen molar-refractivity contribution >= 4 is 11.7 Å². The standard InChI is InChI=1S/C25H29N5O2/c1-30(16-18-3-2-12-27-14-18)25(32)19-6-4-17(5-7-19)13-21-9-10-22(29-21)24(31)20-8-11-23(26)28-15-20/h2-8,11-12,14-15,21-22,24,29,31H,9-10,13,16H2,1H3,(H2,26,28)/t21-,22+,24+/m0/s1. The van der Waals surface area contributed by atoms with Crippen molar-refractivity contribution in [3.8, 4) is 0 Å². The van der Waals surface area contributed by atoms with Crippen molar-refractivity contribution in [2.75, 3.05) is 12.8 Å². The summed E-state index contributed by atoms with van der Waals surface area (Å²) < 4.78 is 0. The summed E-state index contributed by atoms with van der Waals surface area (Å²) in [7, 11) is 1.80. The van der Waals surface area contributed by atoms with Crippen LogP contribution < -0.4 is 11.1 Å². The molecule has 0 bridgehead atoms. The van der Waals surface area contributed by atoms with Gasteiger partial charge in [0.05, 0.1) is 6.10 Å². The SMILES string of the molecule is CN(Cc1cccnc1)C(=O)c1ccc(C[C@@H]2CC[C@H]([C@H](O)c3ccc(N)nc3)N2)cc1. The number of nitrogen functional groups attached to an aromatic ring is 1. The van der Waals surface area contributed by atoms with E-state index in [9.17, 15) is 9.90 Å². The number of rotatable bonds is 7. The molecule has 0 saturated carbocycles. The largest absolute Gasteiger partial charge is 0.387 e. The van der Waals surface area contributed by atoms with Crippen LogP contribution in [0.3, 0.4) is 0 Å². The van der Waals surface area contributed by atoms with Crippen molar-refractivity contribution in [2.24, 2.45) is 0 Å². The molecule has 0 aliphatic carbocycles. The van der Waals surface area contributed by atoms with Crippen molar-refractivity contribution in [1.29, 1.82) is 0 Å². The van der Waals surface area contributed by atoms with Gasteiger partial charge in [-0.3, -0.25) is 9.78 Å². The van der Waals surface area contributed by atoms with Crippen molar-refractivity contribution < 1.29 is 9.90 Å². The van der Waals surface area contributed by atoms with Crippen LogP contribution in [0, 0.1) is 0 Å². The number of aliphatic hydroxyl groups is 1. The van der Waals surface area contributed by atoms with Crippen molar-refractivity contribution in [1.82, 2.24) is 20.2 Å². The molecule has 1 saturated heterocycles. The van der Waals surface area contributed by atoms with E-state index in [1.165, 1.54) is 5.56 Å². The first-order chi connectivity index (χ1) is 15.5. The van der Waals surface area contributed by atoms with Gasteiger partial charge in [0, 0.05) is 55.4 Å². The average Bonchev–Trinajstić information content (AvgIpc) is 3.28. The average molecular weight is 432 g/mol. The molecule has 0 spiro atoms. The summed E-state index contributed by atoms with van der Waals surface area (Å²) in [5.41, 5.74) is 9.24. The van der Waals surface area contributed by atoms with Gasteiger partial charge in [0.2, 0.25) is 0 Å². The number of nitrogens with one attached hydrogen (secondary N) is 1. The summed E-state index contributed by atoms with van der Waals surface area (Å²) in [5, 5.41) is 14.2. The number of anilines is 1. The van der Waals surface area contributed by atoms with E-state index < -0.39 is 6.10 Å². The maximum atomic E-state index is 12.7. The van der Waals surface area contributed by atoms with Gasteiger partial charge in [0.15, 0.2) is 0 Å². The van der Waals surface area contributed by atoms with Crippen molar-refractivity contribution in [3.63, 3.8) is 0 Å². The smallest absolute Gasteiger partial charge is 0.253 e. The number of hydrogen-bond acceptors (Lipinski definition) is 6. The first-order valence-electron chi connectivity index (χ1n) is 10.9. The molecule has 2 aromatic heterocycles. The van der Waals surface area contributed by atoms with Crippen LogP contribution in [0.1, 0.15) is 46.0 Å². The Labute approximate surface area is 188 Å². The predicted molar refractivity (Wildman–Crippen MR) is 124 cm³/mol. The molecule has 7 heteroatoms. The van der Waals surface area contributed by atoms with Crippen LogP contribution in [0.2, 0.25) is 0 Å². The van der Waals surface area contributed by atoms with E-state index in [4.69, 9.17) is 5.73 Å². The predicted octanol–water partition coefficient (Wildman–Crippen LogP) is 2.73. The van der Waals surface area contributed by atoms with Crippen LogP contribution in [0.15, 0.2) is 67.1 Å². The van der Waals surface area contributed by atoms with E-state index in [0.717, 1.165) is 30.4 Å². The second-order valence-electron chi connectivity index (χ2n) is 8.43. The Hall–Kier alpha value is -3.29. The molecule has 0 unspecified atom stereocenters. The molecule has 3 heterocycles. The number of aromatic nitrogens is 2. The molecular formula is C25H29N5O2. The molecule has 1 aliphatic rings. The zero-order chi connectivity index (χ0) is 22.5. The molecule has 1 fully saturated rings. The second-order valence-corrected chi connectivity index (χ2v) is 8.43. The number of benzene rings is 1. The first kappa shape index (κ1) is 21.9. The third-order valence-corrected chi connectivity index (χ3v) is 5.98. The molecular weight excluding hydrogens is 402 g/mol. The molecule has 1 aromatic carbocycles. The minimum atomic E-state index is -0.608. The molecule has 1 aliphatic heterocycles. The molecule has 32 heavy (non-hydrogen) atoms. The third kappa shape index (κ3) is 5.30. The highest BCUT2D eigenvalue weighted by atomic mass is 16.3. The lowest BCUT2D eigenvalue weighted by Crippen LogP contribution is -2.35. The summed E-state index contributed by atoms with van der Waals surface area (Å²) in [5.74, 6) is 0.433. The van der Waals surface area contributed by atoms with Crippen LogP contribution in [-0.4, -0.2) is 45.0 Å². The monoisotopic (exact) mass is 431 g/mol. The number of carbonyl (C=O) groups excluding carboxylic acids is 1. The Kier molecular flexibility index (Phi) is 6.78. The summed E-state index contributed by atoms with van der Waals surface area (Å²) in [6.45, 7) is 0.521. The lowest BCUT2D eigenvalue weighted by atomic mass is 10.0. The van der Waals surface area contributed by atoms with Crippen LogP contribution in [-0.2, 0) is 13.0 Å². The third-order valence-electron chi connectivity index (χ3n) is 5.98. The molecule has 166 valence electrons. The topological polar surface area (TPSA) is 104 Å². The van der Waals surface area contributed by atoms with Crippen molar-refractivity contribution in [2.45, 2.75) is 44.0 Å². The fourth-order valence-corrected chi connectivity index (χ4v) is 4.21. The molecule has 4 N–H and O–H groups in total. The Balaban J connectivity index is 1.31. The van der Waals surface area contributed by atoms with Gasteiger partial charge in [-0.15, -0.1) is 0 Å². The van der Waals surface area contributed by atoms with Crippen LogP contribution in [0.5, 0.6) is 0 Å². The molecule has 0 radical (unpaired) electrons. The van der Waals surface area contributed by atoms with E-state index >= 15 is 0 Å². The number of nitrogens with zero attached hydrogens (tertiary/aromatic N) is 3. The van der Waals surface area contributed by atoms with Gasteiger partial charge in [-0.25, -0.2) is 4.98 Å². The lowest BCUT2D eigenvalue weighted by Gasteiger charge is -2.20. The van der Waals surface area contributed by atoms with Crippen LogP contribution in [0.4, 0.5) is 5.82 Å². The zero-order valence-electron chi connectivity index (χ0n) is 18.2. The van der Waals surface area contributed by atoms with Gasteiger partial charge in [0.1, 0.15) is 5.82 Å². The van der Waals surface area contributed by atoms with Gasteiger partial charge in [-0.05, 0) is 54.7 Å². The summed E-state index contributed by atoms with van der Waals surface area (Å²) in [6, 6.07) is 15.4. The van der Waals surface area contributed by atoms with Gasteiger partial charge < -0.3 is 21.1 Å². The fraction of sp³-hybridized carbons (Fsp3) is 0.320. The molecule has 3 aromatic rings. The lowest BCUT2D eigenvalue weighted by molar-refractivity contribution is 0.0785. The van der Waals surface area contributed by atoms with Gasteiger partial charge in [0.25, 0.3) is 5.91 Å². The Bertz CT molecular complexity index is 1020. The Morgan fingerprint density at radius 2 is 1.97 bits per heavy atom. The van der Waals surface area contributed by atoms with E-state index in [2.05, 4.69) is 15.3 Å². The summed E-state index contributed by atoms with van der Waals surface area (Å²) in [6.07, 6.45) is 7.25. The van der Waals surface area contributed by atoms with E-state index in [1.807, 2.05) is 42.5 Å². The maximum absolute atomic E-state index is 12.7. The highest BCUT2D eigenvalue weighted by molar-refractivity contribution is 5.94. The summed E-state index contributed by atoms with van der Waals surface area (Å²) in [4.78, 5) is 22.6. The maximum Gasteiger partial charge on any atom is 0.253 e. The number of carbonyl (C=O) groups is 1. The first-order valence-corrected chi connectivity index (χ1v) is 10.9. The normalized spacial score (nSPS) is 18.9. The van der Waals surface area contributed by atoms with E-state index in [1.54, 1.807) is 36.6 Å². The Morgan fingerprint density at radius 1 is 1.16 bits per heavy atom. The summed E-state index contributed by atoms with van der Waals surface area (Å²) >= 11 is 0. The number of pyridine rings is 2. The second kappa shape index (κ2) is 9.89. The minimum Gasteiger partial charge on any atom is -0.387 e. The fourth-order valence-electron chi connectivity index (χ4n) is 4.21. The van der Waals surface area contributed by atoms with Gasteiger partial charge in [-0.1, -0.05) is 24.3 Å². The van der Waals surface area contributed by atoms with E-state index in [0.29, 0.717) is 17.9 Å². The zero-order valence-corrected chi connectivity index (χ0v) is 18.2.